The van der Waals surface area contributed by atoms with Crippen molar-refractivity contribution in [3.8, 4) is 0 Å². The number of nitrogens with zero attached hydrogens (tertiary/aromatic N) is 2. The monoisotopic (exact) mass is 255 g/mol. The van der Waals surface area contributed by atoms with Crippen LogP contribution in [0.3, 0.4) is 0 Å². The molecule has 0 aromatic carbocycles. The number of morpholine rings is 1. The zero-order chi connectivity index (χ0) is 12.8. The van der Waals surface area contributed by atoms with E-state index in [1.807, 2.05) is 4.90 Å². The van der Waals surface area contributed by atoms with Crippen molar-refractivity contribution in [3.63, 3.8) is 0 Å². The van der Waals surface area contributed by atoms with Crippen molar-refractivity contribution in [1.82, 2.24) is 15.1 Å². The van der Waals surface area contributed by atoms with Gasteiger partial charge >= 0.3 is 0 Å². The lowest BCUT2D eigenvalue weighted by Gasteiger charge is -2.29. The van der Waals surface area contributed by atoms with Gasteiger partial charge in [-0.25, -0.2) is 0 Å². The fourth-order valence-corrected chi connectivity index (χ4v) is 2.66. The maximum Gasteiger partial charge on any atom is 0.253 e. The maximum absolute atomic E-state index is 12.3. The summed E-state index contributed by atoms with van der Waals surface area (Å²) >= 11 is 0. The number of rotatable bonds is 3. The van der Waals surface area contributed by atoms with Crippen LogP contribution in [0.1, 0.15) is 19.8 Å². The molecule has 18 heavy (non-hydrogen) atoms. The van der Waals surface area contributed by atoms with Crippen LogP contribution in [0.2, 0.25) is 0 Å². The number of nitrogens with one attached hydrogen (secondary N) is 1. The summed E-state index contributed by atoms with van der Waals surface area (Å²) in [5.41, 5.74) is 0. The highest BCUT2D eigenvalue weighted by atomic mass is 16.5. The van der Waals surface area contributed by atoms with Crippen LogP contribution in [0.25, 0.3) is 0 Å². The molecule has 5 heteroatoms. The second kappa shape index (κ2) is 7.07. The SMILES string of the molecule is CCCN1CCCN(C(=O)C2CNCCO2)CC1. The van der Waals surface area contributed by atoms with Gasteiger partial charge in [0.15, 0.2) is 0 Å². The van der Waals surface area contributed by atoms with Gasteiger partial charge in [0, 0.05) is 32.7 Å². The number of amides is 1. The van der Waals surface area contributed by atoms with Gasteiger partial charge in [-0.1, -0.05) is 6.92 Å². The number of hydrogen-bond donors (Lipinski definition) is 1. The standard InChI is InChI=1S/C13H25N3O2/c1-2-5-15-6-3-7-16(9-8-15)13(17)12-11-14-4-10-18-12/h12,14H,2-11H2,1H3. The van der Waals surface area contributed by atoms with Crippen molar-refractivity contribution in [2.75, 3.05) is 52.4 Å². The first kappa shape index (κ1) is 13.8. The molecule has 2 rings (SSSR count). The number of ether oxygens (including phenoxy) is 1. The van der Waals surface area contributed by atoms with Crippen LogP contribution in [-0.4, -0.2) is 74.2 Å². The smallest absolute Gasteiger partial charge is 0.253 e. The highest BCUT2D eigenvalue weighted by molar-refractivity contribution is 5.81. The third-order valence-corrected chi connectivity index (χ3v) is 3.64. The van der Waals surface area contributed by atoms with E-state index in [4.69, 9.17) is 4.74 Å². The molecule has 0 aromatic heterocycles. The van der Waals surface area contributed by atoms with Crippen LogP contribution in [0.4, 0.5) is 0 Å². The topological polar surface area (TPSA) is 44.8 Å². The predicted molar refractivity (Wildman–Crippen MR) is 70.5 cm³/mol. The van der Waals surface area contributed by atoms with Crippen LogP contribution >= 0.6 is 0 Å². The molecule has 1 atom stereocenters. The molecule has 2 saturated heterocycles. The zero-order valence-corrected chi connectivity index (χ0v) is 11.4. The Hall–Kier alpha value is -0.650. The normalized spacial score (nSPS) is 26.9. The summed E-state index contributed by atoms with van der Waals surface area (Å²) in [5, 5.41) is 3.22. The van der Waals surface area contributed by atoms with E-state index < -0.39 is 0 Å². The first-order valence-corrected chi connectivity index (χ1v) is 7.14. The lowest BCUT2D eigenvalue weighted by Crippen LogP contribution is -2.50. The number of carbonyl (C=O) groups excluding carboxylic acids is 1. The largest absolute Gasteiger partial charge is 0.366 e. The third-order valence-electron chi connectivity index (χ3n) is 3.64. The van der Waals surface area contributed by atoms with Crippen molar-refractivity contribution >= 4 is 5.91 Å². The molecule has 0 aliphatic carbocycles. The molecule has 2 aliphatic rings. The van der Waals surface area contributed by atoms with Gasteiger partial charge in [-0.3, -0.25) is 4.79 Å². The van der Waals surface area contributed by atoms with E-state index >= 15 is 0 Å². The molecule has 5 nitrogen and oxygen atoms in total. The summed E-state index contributed by atoms with van der Waals surface area (Å²) in [6, 6.07) is 0. The van der Waals surface area contributed by atoms with Crippen LogP contribution in [0, 0.1) is 0 Å². The maximum atomic E-state index is 12.3. The Balaban J connectivity index is 1.82. The van der Waals surface area contributed by atoms with Gasteiger partial charge in [0.25, 0.3) is 5.91 Å². The quantitative estimate of drug-likeness (QED) is 0.766. The Bertz CT molecular complexity index is 267. The molecule has 104 valence electrons. The first-order valence-electron chi connectivity index (χ1n) is 7.14. The molecule has 2 aliphatic heterocycles. The van der Waals surface area contributed by atoms with Crippen molar-refractivity contribution < 1.29 is 9.53 Å². The summed E-state index contributed by atoms with van der Waals surface area (Å²) in [6.07, 6.45) is 1.99. The molecule has 0 bridgehead atoms. The Morgan fingerprint density at radius 3 is 2.94 bits per heavy atom. The van der Waals surface area contributed by atoms with E-state index in [2.05, 4.69) is 17.1 Å². The third kappa shape index (κ3) is 3.67. The fraction of sp³-hybridized carbons (Fsp3) is 0.923. The minimum atomic E-state index is -0.267. The summed E-state index contributed by atoms with van der Waals surface area (Å²) in [6.45, 7) is 9.34. The molecule has 2 heterocycles. The van der Waals surface area contributed by atoms with Gasteiger partial charge in [0.2, 0.25) is 0 Å². The van der Waals surface area contributed by atoms with Crippen LogP contribution < -0.4 is 5.32 Å². The average molecular weight is 255 g/mol. The number of carbonyl (C=O) groups is 1. The second-order valence-corrected chi connectivity index (χ2v) is 5.08. The summed E-state index contributed by atoms with van der Waals surface area (Å²) in [5.74, 6) is 0.167. The molecule has 1 N–H and O–H groups in total. The van der Waals surface area contributed by atoms with E-state index in [-0.39, 0.29) is 12.0 Å². The van der Waals surface area contributed by atoms with Crippen molar-refractivity contribution in [1.29, 1.82) is 0 Å². The Morgan fingerprint density at radius 2 is 2.22 bits per heavy atom. The Morgan fingerprint density at radius 1 is 1.33 bits per heavy atom. The summed E-state index contributed by atoms with van der Waals surface area (Å²) in [7, 11) is 0. The lowest BCUT2D eigenvalue weighted by molar-refractivity contribution is -0.145. The van der Waals surface area contributed by atoms with Gasteiger partial charge in [0.1, 0.15) is 6.10 Å². The van der Waals surface area contributed by atoms with Crippen molar-refractivity contribution in [2.24, 2.45) is 0 Å². The fourth-order valence-electron chi connectivity index (χ4n) is 2.66. The van der Waals surface area contributed by atoms with Gasteiger partial charge in [0.05, 0.1) is 6.61 Å². The Kier molecular flexibility index (Phi) is 5.41. The molecular weight excluding hydrogens is 230 g/mol. The highest BCUT2D eigenvalue weighted by Crippen LogP contribution is 2.08. The van der Waals surface area contributed by atoms with E-state index in [1.54, 1.807) is 0 Å². The molecule has 1 amide bonds. The summed E-state index contributed by atoms with van der Waals surface area (Å²) in [4.78, 5) is 16.7. The minimum absolute atomic E-state index is 0.167. The van der Waals surface area contributed by atoms with Gasteiger partial charge in [-0.15, -0.1) is 0 Å². The molecule has 0 spiro atoms. The Labute approximate surface area is 109 Å². The lowest BCUT2D eigenvalue weighted by atomic mass is 10.2. The number of hydrogen-bond acceptors (Lipinski definition) is 4. The van der Waals surface area contributed by atoms with E-state index in [0.29, 0.717) is 13.2 Å². The van der Waals surface area contributed by atoms with Gasteiger partial charge in [-0.05, 0) is 25.9 Å². The minimum Gasteiger partial charge on any atom is -0.366 e. The molecule has 0 radical (unpaired) electrons. The second-order valence-electron chi connectivity index (χ2n) is 5.08. The summed E-state index contributed by atoms with van der Waals surface area (Å²) < 4.78 is 5.54. The van der Waals surface area contributed by atoms with E-state index in [0.717, 1.165) is 45.7 Å². The molecule has 1 unspecified atom stereocenters. The van der Waals surface area contributed by atoms with E-state index in [9.17, 15) is 4.79 Å². The first-order chi connectivity index (χ1) is 8.81. The van der Waals surface area contributed by atoms with Crippen molar-refractivity contribution in [3.05, 3.63) is 0 Å². The highest BCUT2D eigenvalue weighted by Gasteiger charge is 2.27. The average Bonchev–Trinajstić information content (AvgIpc) is 2.65. The van der Waals surface area contributed by atoms with Crippen LogP contribution in [0.15, 0.2) is 0 Å². The predicted octanol–water partition coefficient (Wildman–Crippen LogP) is -0.0809. The van der Waals surface area contributed by atoms with Crippen molar-refractivity contribution in [2.45, 2.75) is 25.9 Å². The molecule has 0 aromatic rings. The van der Waals surface area contributed by atoms with Crippen LogP contribution in [-0.2, 0) is 9.53 Å². The van der Waals surface area contributed by atoms with Crippen LogP contribution in [0.5, 0.6) is 0 Å². The molecular formula is C13H25N3O2. The van der Waals surface area contributed by atoms with E-state index in [1.165, 1.54) is 6.42 Å². The molecule has 2 fully saturated rings. The zero-order valence-electron chi connectivity index (χ0n) is 11.4. The van der Waals surface area contributed by atoms with Gasteiger partial charge < -0.3 is 19.9 Å². The van der Waals surface area contributed by atoms with Gasteiger partial charge in [-0.2, -0.15) is 0 Å². The molecule has 0 saturated carbocycles.